The van der Waals surface area contributed by atoms with Crippen LogP contribution in [0, 0.1) is 12.8 Å². The van der Waals surface area contributed by atoms with Gasteiger partial charge in [-0.25, -0.2) is 9.59 Å². The average Bonchev–Trinajstić information content (AvgIpc) is 2.87. The molecule has 3 aromatic rings. The van der Waals surface area contributed by atoms with E-state index in [0.29, 0.717) is 29.7 Å². The Morgan fingerprint density at radius 1 is 1.08 bits per heavy atom. The Labute approximate surface area is 208 Å². The first-order valence-electron chi connectivity index (χ1n) is 11.7. The number of aryl methyl sites for hydroxylation is 1. The second-order valence-corrected chi connectivity index (χ2v) is 8.65. The number of fused-ring (bicyclic) bond motifs is 1. The molecule has 36 heavy (non-hydrogen) atoms. The first-order chi connectivity index (χ1) is 17.2. The van der Waals surface area contributed by atoms with E-state index in [1.54, 1.807) is 25.1 Å². The fourth-order valence-corrected chi connectivity index (χ4v) is 3.75. The summed E-state index contributed by atoms with van der Waals surface area (Å²) in [6.07, 6.45) is 1.04. The van der Waals surface area contributed by atoms with Gasteiger partial charge < -0.3 is 24.9 Å². The van der Waals surface area contributed by atoms with Gasteiger partial charge in [-0.05, 0) is 36.1 Å². The van der Waals surface area contributed by atoms with Crippen molar-refractivity contribution < 1.29 is 28.6 Å². The molecule has 2 aromatic carbocycles. The first-order valence-corrected chi connectivity index (χ1v) is 11.7. The summed E-state index contributed by atoms with van der Waals surface area (Å²) in [6.45, 7) is 4.67. The minimum absolute atomic E-state index is 0.253. The summed E-state index contributed by atoms with van der Waals surface area (Å²) in [5, 5.41) is 14.8. The van der Waals surface area contributed by atoms with Gasteiger partial charge in [-0.15, -0.1) is 0 Å². The third-order valence-electron chi connectivity index (χ3n) is 6.09. The van der Waals surface area contributed by atoms with Crippen LogP contribution in [0.15, 0.2) is 57.7 Å². The maximum absolute atomic E-state index is 12.6. The van der Waals surface area contributed by atoms with Crippen molar-refractivity contribution in [1.29, 1.82) is 0 Å². The molecule has 0 bridgehead atoms. The number of ether oxygens (including phenoxy) is 1. The van der Waals surface area contributed by atoms with Crippen LogP contribution < -0.4 is 21.0 Å². The molecule has 0 aliphatic heterocycles. The molecule has 9 heteroatoms. The van der Waals surface area contributed by atoms with Crippen molar-refractivity contribution in [2.24, 2.45) is 5.92 Å². The lowest BCUT2D eigenvalue weighted by atomic mass is 9.99. The largest absolute Gasteiger partial charge is 0.484 e. The predicted octanol–water partition coefficient (Wildman–Crippen LogP) is 2.80. The van der Waals surface area contributed by atoms with Crippen LogP contribution in [0.5, 0.6) is 5.75 Å². The van der Waals surface area contributed by atoms with Gasteiger partial charge in [0.05, 0.1) is 6.54 Å². The van der Waals surface area contributed by atoms with Gasteiger partial charge in [-0.1, -0.05) is 50.6 Å². The van der Waals surface area contributed by atoms with Crippen LogP contribution in [0.1, 0.15) is 37.0 Å². The highest BCUT2D eigenvalue weighted by Gasteiger charge is 2.25. The van der Waals surface area contributed by atoms with Gasteiger partial charge in [0.1, 0.15) is 17.4 Å². The highest BCUT2D eigenvalue weighted by atomic mass is 16.5. The number of carboxylic acid groups (broad SMARTS) is 1. The van der Waals surface area contributed by atoms with Gasteiger partial charge in [0.2, 0.25) is 5.91 Å². The van der Waals surface area contributed by atoms with Crippen molar-refractivity contribution in [2.45, 2.75) is 39.7 Å². The fourth-order valence-electron chi connectivity index (χ4n) is 3.75. The lowest BCUT2D eigenvalue weighted by molar-refractivity contribution is -0.143. The maximum atomic E-state index is 12.6. The Kier molecular flexibility index (Phi) is 8.83. The van der Waals surface area contributed by atoms with E-state index in [-0.39, 0.29) is 19.1 Å². The summed E-state index contributed by atoms with van der Waals surface area (Å²) in [6, 6.07) is 13.6. The highest BCUT2D eigenvalue weighted by Crippen LogP contribution is 2.25. The molecule has 0 fully saturated rings. The second kappa shape index (κ2) is 12.0. The highest BCUT2D eigenvalue weighted by molar-refractivity contribution is 5.88. The van der Waals surface area contributed by atoms with E-state index in [1.165, 1.54) is 0 Å². The Balaban J connectivity index is 1.59. The molecule has 1 aromatic heterocycles. The molecule has 0 unspecified atom stereocenters. The van der Waals surface area contributed by atoms with Gasteiger partial charge in [0.25, 0.3) is 5.91 Å². The molecule has 0 aliphatic carbocycles. The van der Waals surface area contributed by atoms with Crippen molar-refractivity contribution in [1.82, 2.24) is 10.6 Å². The summed E-state index contributed by atoms with van der Waals surface area (Å²) < 4.78 is 11.0. The summed E-state index contributed by atoms with van der Waals surface area (Å²) in [5.74, 6) is -2.22. The summed E-state index contributed by atoms with van der Waals surface area (Å²) >= 11 is 0. The van der Waals surface area contributed by atoms with E-state index in [0.717, 1.165) is 16.5 Å². The van der Waals surface area contributed by atoms with Crippen LogP contribution in [-0.4, -0.2) is 42.1 Å². The van der Waals surface area contributed by atoms with E-state index in [1.807, 2.05) is 44.2 Å². The summed E-state index contributed by atoms with van der Waals surface area (Å²) in [7, 11) is 0. The third-order valence-corrected chi connectivity index (χ3v) is 6.09. The van der Waals surface area contributed by atoms with Gasteiger partial charge in [-0.3, -0.25) is 9.59 Å². The number of amides is 2. The Morgan fingerprint density at radius 2 is 1.81 bits per heavy atom. The maximum Gasteiger partial charge on any atom is 0.340 e. The van der Waals surface area contributed by atoms with E-state index in [9.17, 15) is 24.3 Å². The van der Waals surface area contributed by atoms with Gasteiger partial charge in [0.15, 0.2) is 6.61 Å². The van der Waals surface area contributed by atoms with Gasteiger partial charge >= 0.3 is 11.6 Å². The number of carboxylic acids is 1. The van der Waals surface area contributed by atoms with Gasteiger partial charge in [-0.2, -0.15) is 0 Å². The molecular weight excluding hydrogens is 464 g/mol. The summed E-state index contributed by atoms with van der Waals surface area (Å²) in [4.78, 5) is 48.1. The zero-order valence-electron chi connectivity index (χ0n) is 20.5. The average molecular weight is 495 g/mol. The molecule has 3 rings (SSSR count). The SMILES string of the molecule is CC[C@H](C)[C@H](NC(=O)CNC(=O)COc1ccc2c(C)c(Cc3ccccc3)c(=O)oc2c1)C(=O)O. The lowest BCUT2D eigenvalue weighted by Gasteiger charge is -2.20. The zero-order valence-corrected chi connectivity index (χ0v) is 20.5. The third kappa shape index (κ3) is 6.71. The normalized spacial score (nSPS) is 12.5. The molecule has 0 aliphatic rings. The minimum Gasteiger partial charge on any atom is -0.484 e. The number of nitrogens with one attached hydrogen (secondary N) is 2. The van der Waals surface area contributed by atoms with Gasteiger partial charge in [0, 0.05) is 23.4 Å². The van der Waals surface area contributed by atoms with Crippen molar-refractivity contribution in [3.63, 3.8) is 0 Å². The number of carbonyl (C=O) groups is 3. The smallest absolute Gasteiger partial charge is 0.340 e. The van der Waals surface area contributed by atoms with Crippen molar-refractivity contribution in [3.05, 3.63) is 75.6 Å². The molecular formula is C27H30N2O7. The number of benzene rings is 2. The molecule has 0 saturated heterocycles. The predicted molar refractivity (Wildman–Crippen MR) is 134 cm³/mol. The van der Waals surface area contributed by atoms with Crippen LogP contribution in [-0.2, 0) is 20.8 Å². The van der Waals surface area contributed by atoms with Crippen LogP contribution in [0.25, 0.3) is 11.0 Å². The molecule has 0 radical (unpaired) electrons. The molecule has 2 amide bonds. The number of carbonyl (C=O) groups excluding carboxylic acids is 2. The monoisotopic (exact) mass is 494 g/mol. The number of rotatable bonds is 11. The molecule has 1 heterocycles. The molecule has 0 saturated carbocycles. The van der Waals surface area contributed by atoms with E-state index >= 15 is 0 Å². The number of aliphatic carboxylic acids is 1. The topological polar surface area (TPSA) is 135 Å². The quantitative estimate of drug-likeness (QED) is 0.349. The van der Waals surface area contributed by atoms with Crippen LogP contribution in [0.3, 0.4) is 0 Å². The van der Waals surface area contributed by atoms with E-state index in [4.69, 9.17) is 9.15 Å². The van der Waals surface area contributed by atoms with Crippen molar-refractivity contribution >= 4 is 28.8 Å². The second-order valence-electron chi connectivity index (χ2n) is 8.65. The van der Waals surface area contributed by atoms with Crippen LogP contribution >= 0.6 is 0 Å². The number of hydrogen-bond acceptors (Lipinski definition) is 6. The molecule has 190 valence electrons. The Morgan fingerprint density at radius 3 is 2.47 bits per heavy atom. The van der Waals surface area contributed by atoms with Crippen molar-refractivity contribution in [2.75, 3.05) is 13.2 Å². The standard InChI is InChI=1S/C27H30N2O7/c1-4-16(2)25(26(32)33)29-23(30)14-28-24(31)15-35-19-10-11-20-17(3)21(27(34)36-22(20)13-19)12-18-8-6-5-7-9-18/h5-11,13,16,25H,4,12,14-15H2,1-3H3,(H,28,31)(H,29,30)(H,32,33)/t16-,25-/m0/s1. The first kappa shape index (κ1) is 26.5. The summed E-state index contributed by atoms with van der Waals surface area (Å²) in [5.41, 5.74) is 2.32. The Hall–Kier alpha value is -4.14. The fraction of sp³-hybridized carbons (Fsp3) is 0.333. The molecule has 9 nitrogen and oxygen atoms in total. The van der Waals surface area contributed by atoms with E-state index in [2.05, 4.69) is 10.6 Å². The minimum atomic E-state index is -1.13. The molecule has 2 atom stereocenters. The molecule has 3 N–H and O–H groups in total. The number of hydrogen-bond donors (Lipinski definition) is 3. The van der Waals surface area contributed by atoms with Crippen LogP contribution in [0.2, 0.25) is 0 Å². The zero-order chi connectivity index (χ0) is 26.2. The van der Waals surface area contributed by atoms with Crippen molar-refractivity contribution in [3.8, 4) is 5.75 Å². The lowest BCUT2D eigenvalue weighted by Crippen LogP contribution is -2.48. The van der Waals surface area contributed by atoms with Crippen LogP contribution in [0.4, 0.5) is 0 Å². The Bertz CT molecular complexity index is 1300. The van der Waals surface area contributed by atoms with E-state index < -0.39 is 29.5 Å². The molecule has 0 spiro atoms.